The van der Waals surface area contributed by atoms with Gasteiger partial charge in [-0.25, -0.2) is 0 Å². The number of hydrogen-bond acceptors (Lipinski definition) is 4. The third-order valence-corrected chi connectivity index (χ3v) is 5.14. The molecule has 0 aromatic heterocycles. The molecule has 0 aliphatic carbocycles. The van der Waals surface area contributed by atoms with Gasteiger partial charge in [-0.3, -0.25) is 4.79 Å². The minimum absolute atomic E-state index is 0.151. The van der Waals surface area contributed by atoms with Crippen molar-refractivity contribution in [3.63, 3.8) is 0 Å². The summed E-state index contributed by atoms with van der Waals surface area (Å²) >= 11 is 1.55. The topological polar surface area (TPSA) is 47.6 Å². The lowest BCUT2D eigenvalue weighted by Crippen LogP contribution is -2.17. The van der Waals surface area contributed by atoms with Crippen LogP contribution in [-0.4, -0.2) is 25.4 Å². The molecule has 0 unspecified atom stereocenters. The van der Waals surface area contributed by atoms with Gasteiger partial charge >= 0.3 is 0 Å². The number of ether oxygens (including phenoxy) is 2. The highest BCUT2D eigenvalue weighted by Gasteiger charge is 2.17. The number of amides is 1. The Hall–Kier alpha value is -2.92. The lowest BCUT2D eigenvalue weighted by Gasteiger charge is -2.21. The predicted octanol–water partition coefficient (Wildman–Crippen LogP) is 5.10. The lowest BCUT2D eigenvalue weighted by molar-refractivity contribution is 0.102. The van der Waals surface area contributed by atoms with Crippen LogP contribution in [0.4, 0.5) is 5.69 Å². The summed E-state index contributed by atoms with van der Waals surface area (Å²) in [4.78, 5) is 13.6. The first kappa shape index (κ1) is 17.5. The first-order valence-corrected chi connectivity index (χ1v) is 9.91. The van der Waals surface area contributed by atoms with E-state index in [-0.39, 0.29) is 5.91 Å². The highest BCUT2D eigenvalue weighted by Crippen LogP contribution is 2.39. The molecule has 5 heteroatoms. The van der Waals surface area contributed by atoms with Gasteiger partial charge in [-0.05, 0) is 35.6 Å². The van der Waals surface area contributed by atoms with Gasteiger partial charge in [0.2, 0.25) is 0 Å². The van der Waals surface area contributed by atoms with Crippen molar-refractivity contribution in [3.05, 3.63) is 72.3 Å². The number of carbonyl (C=O) groups excluding carboxylic acids is 1. The molecule has 1 amide bonds. The molecular weight excluding hydrogens is 358 g/mol. The zero-order chi connectivity index (χ0) is 18.6. The lowest BCUT2D eigenvalue weighted by atomic mass is 10.0. The van der Waals surface area contributed by atoms with E-state index in [0.29, 0.717) is 24.5 Å². The molecule has 3 aromatic rings. The van der Waals surface area contributed by atoms with Crippen LogP contribution < -0.4 is 14.8 Å². The zero-order valence-electron chi connectivity index (χ0n) is 14.9. The molecule has 1 aliphatic rings. The molecule has 3 aromatic carbocycles. The molecule has 136 valence electrons. The van der Waals surface area contributed by atoms with Crippen molar-refractivity contribution in [1.82, 2.24) is 0 Å². The van der Waals surface area contributed by atoms with Crippen molar-refractivity contribution < 1.29 is 14.3 Å². The molecule has 27 heavy (non-hydrogen) atoms. The Bertz CT molecular complexity index is 955. The SMILES string of the molecule is CSc1cc2c(cc1NC(=O)c1ccc(-c3ccccc3)cc1)OCCO2. The number of rotatable bonds is 4. The summed E-state index contributed by atoms with van der Waals surface area (Å²) in [6.07, 6.45) is 1.97. The van der Waals surface area contributed by atoms with Crippen molar-refractivity contribution in [1.29, 1.82) is 0 Å². The summed E-state index contributed by atoms with van der Waals surface area (Å²) in [5.74, 6) is 1.23. The molecule has 0 bridgehead atoms. The second-order valence-corrected chi connectivity index (χ2v) is 6.94. The van der Waals surface area contributed by atoms with Gasteiger partial charge in [-0.1, -0.05) is 42.5 Å². The Morgan fingerprint density at radius 1 is 0.889 bits per heavy atom. The van der Waals surface area contributed by atoms with E-state index in [4.69, 9.17) is 9.47 Å². The molecule has 1 heterocycles. The Kier molecular flexibility index (Phi) is 5.03. The van der Waals surface area contributed by atoms with Crippen LogP contribution in [0.1, 0.15) is 10.4 Å². The standard InChI is InChI=1S/C22H19NO3S/c1-27-21-14-20-19(25-11-12-26-20)13-18(21)23-22(24)17-9-7-16(8-10-17)15-5-3-2-4-6-15/h2-10,13-14H,11-12H2,1H3,(H,23,24). The molecule has 4 nitrogen and oxygen atoms in total. The number of nitrogens with one attached hydrogen (secondary N) is 1. The number of hydrogen-bond donors (Lipinski definition) is 1. The Labute approximate surface area is 162 Å². The Balaban J connectivity index is 1.55. The second-order valence-electron chi connectivity index (χ2n) is 6.09. The van der Waals surface area contributed by atoms with Crippen LogP contribution in [-0.2, 0) is 0 Å². The molecular formula is C22H19NO3S. The average molecular weight is 377 g/mol. The van der Waals surface area contributed by atoms with Crippen molar-refractivity contribution in [2.75, 3.05) is 24.8 Å². The fourth-order valence-electron chi connectivity index (χ4n) is 2.98. The molecule has 0 saturated carbocycles. The van der Waals surface area contributed by atoms with Crippen molar-refractivity contribution in [3.8, 4) is 22.6 Å². The highest BCUT2D eigenvalue weighted by molar-refractivity contribution is 7.98. The fourth-order valence-corrected chi connectivity index (χ4v) is 3.53. The number of thioether (sulfide) groups is 1. The van der Waals surface area contributed by atoms with E-state index in [0.717, 1.165) is 27.5 Å². The van der Waals surface area contributed by atoms with Gasteiger partial charge in [0.05, 0.1) is 5.69 Å². The summed E-state index contributed by atoms with van der Waals surface area (Å²) in [5, 5.41) is 2.99. The van der Waals surface area contributed by atoms with Gasteiger partial charge in [-0.15, -0.1) is 11.8 Å². The Morgan fingerprint density at radius 3 is 2.19 bits per heavy atom. The van der Waals surface area contributed by atoms with E-state index >= 15 is 0 Å². The minimum Gasteiger partial charge on any atom is -0.486 e. The van der Waals surface area contributed by atoms with Gasteiger partial charge in [0.1, 0.15) is 13.2 Å². The van der Waals surface area contributed by atoms with Crippen LogP contribution >= 0.6 is 11.8 Å². The number of benzene rings is 3. The third kappa shape index (κ3) is 3.78. The summed E-state index contributed by atoms with van der Waals surface area (Å²) in [6, 6.07) is 21.4. The molecule has 0 radical (unpaired) electrons. The molecule has 4 rings (SSSR count). The van der Waals surface area contributed by atoms with E-state index in [1.54, 1.807) is 11.8 Å². The van der Waals surface area contributed by atoms with Gasteiger partial charge in [0.25, 0.3) is 5.91 Å². The van der Waals surface area contributed by atoms with E-state index in [9.17, 15) is 4.79 Å². The van der Waals surface area contributed by atoms with E-state index in [1.165, 1.54) is 0 Å². The Morgan fingerprint density at radius 2 is 1.52 bits per heavy atom. The van der Waals surface area contributed by atoms with Gasteiger partial charge < -0.3 is 14.8 Å². The van der Waals surface area contributed by atoms with Crippen LogP contribution in [0.25, 0.3) is 11.1 Å². The normalized spacial score (nSPS) is 12.5. The van der Waals surface area contributed by atoms with Crippen LogP contribution in [0, 0.1) is 0 Å². The molecule has 0 atom stereocenters. The highest BCUT2D eigenvalue weighted by atomic mass is 32.2. The number of carbonyl (C=O) groups is 1. The number of fused-ring (bicyclic) bond motifs is 1. The van der Waals surface area contributed by atoms with E-state index in [1.807, 2.05) is 60.9 Å². The molecule has 0 fully saturated rings. The number of anilines is 1. The third-order valence-electron chi connectivity index (χ3n) is 4.37. The van der Waals surface area contributed by atoms with Crippen LogP contribution in [0.5, 0.6) is 11.5 Å². The van der Waals surface area contributed by atoms with E-state index in [2.05, 4.69) is 17.4 Å². The summed E-state index contributed by atoms with van der Waals surface area (Å²) < 4.78 is 11.2. The largest absolute Gasteiger partial charge is 0.486 e. The summed E-state index contributed by atoms with van der Waals surface area (Å²) in [7, 11) is 0. The molecule has 1 aliphatic heterocycles. The first-order valence-electron chi connectivity index (χ1n) is 8.69. The minimum atomic E-state index is -0.151. The quantitative estimate of drug-likeness (QED) is 0.643. The maximum Gasteiger partial charge on any atom is 0.255 e. The molecule has 1 N–H and O–H groups in total. The van der Waals surface area contributed by atoms with Gasteiger partial charge in [0.15, 0.2) is 11.5 Å². The molecule has 0 spiro atoms. The average Bonchev–Trinajstić information content (AvgIpc) is 2.74. The maximum atomic E-state index is 12.7. The maximum absolute atomic E-state index is 12.7. The monoisotopic (exact) mass is 377 g/mol. The van der Waals surface area contributed by atoms with Gasteiger partial charge in [0, 0.05) is 16.5 Å². The second kappa shape index (κ2) is 7.76. The van der Waals surface area contributed by atoms with E-state index < -0.39 is 0 Å². The summed E-state index contributed by atoms with van der Waals surface area (Å²) in [5.41, 5.74) is 3.54. The first-order chi connectivity index (χ1) is 13.2. The fraction of sp³-hybridized carbons (Fsp3) is 0.136. The predicted molar refractivity (Wildman–Crippen MR) is 109 cm³/mol. The van der Waals surface area contributed by atoms with Crippen molar-refractivity contribution in [2.45, 2.75) is 4.90 Å². The molecule has 0 saturated heterocycles. The van der Waals surface area contributed by atoms with Crippen molar-refractivity contribution >= 4 is 23.4 Å². The van der Waals surface area contributed by atoms with Crippen LogP contribution in [0.2, 0.25) is 0 Å². The summed E-state index contributed by atoms with van der Waals surface area (Å²) in [6.45, 7) is 1.06. The van der Waals surface area contributed by atoms with Gasteiger partial charge in [-0.2, -0.15) is 0 Å². The van der Waals surface area contributed by atoms with Crippen LogP contribution in [0.15, 0.2) is 71.6 Å². The van der Waals surface area contributed by atoms with Crippen LogP contribution in [0.3, 0.4) is 0 Å². The smallest absolute Gasteiger partial charge is 0.255 e. The zero-order valence-corrected chi connectivity index (χ0v) is 15.7. The van der Waals surface area contributed by atoms with Crippen molar-refractivity contribution in [2.24, 2.45) is 0 Å².